The first-order valence-electron chi connectivity index (χ1n) is 5.67. The summed E-state index contributed by atoms with van der Waals surface area (Å²) in [7, 11) is 2.17. The van der Waals surface area contributed by atoms with Crippen molar-refractivity contribution in [3.8, 4) is 0 Å². The predicted molar refractivity (Wildman–Crippen MR) is 72.3 cm³/mol. The molecule has 1 unspecified atom stereocenters. The molecule has 4 nitrogen and oxygen atoms in total. The number of azo groups is 1. The highest BCUT2D eigenvalue weighted by Crippen LogP contribution is 2.29. The maximum Gasteiger partial charge on any atom is 0.341 e. The van der Waals surface area contributed by atoms with Gasteiger partial charge in [0.05, 0.1) is 7.11 Å². The molecule has 1 heterocycles. The van der Waals surface area contributed by atoms with Crippen LogP contribution in [0.25, 0.3) is 0 Å². The molecule has 1 aromatic rings. The van der Waals surface area contributed by atoms with Crippen LogP contribution in [0.2, 0.25) is 0 Å². The molecule has 94 valence electrons. The summed E-state index contributed by atoms with van der Waals surface area (Å²) in [6, 6.07) is 4.23. The van der Waals surface area contributed by atoms with E-state index in [9.17, 15) is 4.79 Å². The number of nitrogens with zero attached hydrogens (tertiary/aromatic N) is 2. The molecule has 0 bridgehead atoms. The Balaban J connectivity index is 2.41. The molecule has 0 aromatic heterocycles. The number of carbonyl (C=O) groups excluding carboxylic acids is 1. The molecule has 1 atom stereocenters. The van der Waals surface area contributed by atoms with Crippen LogP contribution in [0, 0.1) is 20.8 Å². The minimum atomic E-state index is -0.509. The van der Waals surface area contributed by atoms with E-state index in [1.807, 2.05) is 0 Å². The van der Waals surface area contributed by atoms with Crippen LogP contribution in [0.1, 0.15) is 22.3 Å². The molecule has 0 spiro atoms. The first-order chi connectivity index (χ1) is 8.52. The highest BCUT2D eigenvalue weighted by molar-refractivity contribution is 7.43. The number of ether oxygens (including phenoxy) is 1. The van der Waals surface area contributed by atoms with Gasteiger partial charge in [-0.05, 0) is 40.1 Å². The van der Waals surface area contributed by atoms with Gasteiger partial charge in [0.2, 0.25) is 5.78 Å². The molecule has 0 amide bonds. The Labute approximate surface area is 108 Å². The Kier molecular flexibility index (Phi) is 3.58. The van der Waals surface area contributed by atoms with Gasteiger partial charge in [-0.1, -0.05) is 17.7 Å². The molecule has 5 heteroatoms. The molecule has 18 heavy (non-hydrogen) atoms. The fraction of sp³-hybridized carbons (Fsp3) is 0.385. The lowest BCUT2D eigenvalue weighted by atomic mass is 10.00. The summed E-state index contributed by atoms with van der Waals surface area (Å²) in [5.41, 5.74) is 5.50. The number of esters is 1. The monoisotopic (exact) mass is 262 g/mol. The Bertz CT molecular complexity index is 541. The Morgan fingerprint density at radius 3 is 2.44 bits per heavy atom. The largest absolute Gasteiger partial charge is 0.467 e. The van der Waals surface area contributed by atoms with Crippen molar-refractivity contribution in [1.82, 2.24) is 0 Å². The second-order valence-electron chi connectivity index (χ2n) is 4.34. The minimum Gasteiger partial charge on any atom is -0.467 e. The van der Waals surface area contributed by atoms with Crippen LogP contribution in [-0.4, -0.2) is 24.3 Å². The number of hydrogen-bond donors (Lipinski definition) is 0. The van der Waals surface area contributed by atoms with E-state index in [-0.39, 0.29) is 5.97 Å². The van der Waals surface area contributed by atoms with Crippen molar-refractivity contribution < 1.29 is 9.53 Å². The summed E-state index contributed by atoms with van der Waals surface area (Å²) in [5, 5.41) is 8.11. The summed E-state index contributed by atoms with van der Waals surface area (Å²) in [4.78, 5) is 11.4. The molecular formula is C13H15N2O2P. The van der Waals surface area contributed by atoms with Gasteiger partial charge in [-0.3, -0.25) is 0 Å². The van der Waals surface area contributed by atoms with E-state index in [2.05, 4.69) is 47.9 Å². The van der Waals surface area contributed by atoms with Gasteiger partial charge < -0.3 is 4.74 Å². The summed E-state index contributed by atoms with van der Waals surface area (Å²) in [6.45, 7) is 6.18. The highest BCUT2D eigenvalue weighted by Gasteiger charge is 2.24. The van der Waals surface area contributed by atoms with E-state index in [1.54, 1.807) is 0 Å². The van der Waals surface area contributed by atoms with E-state index in [4.69, 9.17) is 0 Å². The first kappa shape index (κ1) is 12.9. The lowest BCUT2D eigenvalue weighted by Gasteiger charge is -2.09. The number of hydrogen-bond acceptors (Lipinski definition) is 4. The second kappa shape index (κ2) is 4.99. The van der Waals surface area contributed by atoms with Gasteiger partial charge in [-0.15, -0.1) is 5.11 Å². The molecule has 0 radical (unpaired) electrons. The smallest absolute Gasteiger partial charge is 0.341 e. The van der Waals surface area contributed by atoms with Crippen molar-refractivity contribution in [3.05, 3.63) is 34.4 Å². The van der Waals surface area contributed by atoms with Gasteiger partial charge >= 0.3 is 5.97 Å². The summed E-state index contributed by atoms with van der Waals surface area (Å²) < 4.78 is 4.68. The average Bonchev–Trinajstić information content (AvgIpc) is 2.76. The van der Waals surface area contributed by atoms with E-state index < -0.39 is 5.78 Å². The topological polar surface area (TPSA) is 51.0 Å². The van der Waals surface area contributed by atoms with Gasteiger partial charge in [-0.2, -0.15) is 5.11 Å². The fourth-order valence-electron chi connectivity index (χ4n) is 2.13. The lowest BCUT2D eigenvalue weighted by Crippen LogP contribution is -2.12. The zero-order valence-electron chi connectivity index (χ0n) is 10.9. The maximum atomic E-state index is 11.4. The summed E-state index contributed by atoms with van der Waals surface area (Å²) in [5.74, 6) is -0.845. The van der Waals surface area contributed by atoms with Crippen molar-refractivity contribution in [1.29, 1.82) is 0 Å². The molecule has 0 N–H and O–H groups in total. The standard InChI is InChI=1S/C13H15N2O2P/c1-7-5-8(2)10(9(3)6-7)11-14-15-12(18-11)13(16)17-4/h5-6,12H,1-4H3. The van der Waals surface area contributed by atoms with E-state index in [1.165, 1.54) is 23.8 Å². The van der Waals surface area contributed by atoms with Gasteiger partial charge in [0.1, 0.15) is 5.42 Å². The average molecular weight is 262 g/mol. The molecular weight excluding hydrogens is 247 g/mol. The Hall–Kier alpha value is -1.54. The van der Waals surface area contributed by atoms with Gasteiger partial charge in [-0.25, -0.2) is 4.79 Å². The minimum absolute atomic E-state index is 0.335. The molecule has 0 fully saturated rings. The lowest BCUT2D eigenvalue weighted by molar-refractivity contribution is -0.139. The van der Waals surface area contributed by atoms with Crippen molar-refractivity contribution in [2.24, 2.45) is 10.2 Å². The SMILES string of the molecule is COC(=O)C1N=NC(c2c(C)cc(C)cc2C)=P1. The molecule has 2 rings (SSSR count). The van der Waals surface area contributed by atoms with Crippen LogP contribution in [0.4, 0.5) is 0 Å². The van der Waals surface area contributed by atoms with Gasteiger partial charge in [0, 0.05) is 5.56 Å². The summed E-state index contributed by atoms with van der Waals surface area (Å²) in [6.07, 6.45) is 0. The molecule has 1 aliphatic rings. The van der Waals surface area contributed by atoms with Crippen LogP contribution < -0.4 is 0 Å². The summed E-state index contributed by atoms with van der Waals surface area (Å²) >= 11 is 0. The molecule has 1 aliphatic heterocycles. The van der Waals surface area contributed by atoms with E-state index >= 15 is 0 Å². The van der Waals surface area contributed by atoms with Crippen LogP contribution in [0.3, 0.4) is 0 Å². The van der Waals surface area contributed by atoms with E-state index in [0.29, 0.717) is 0 Å². The van der Waals surface area contributed by atoms with Gasteiger partial charge in [0.15, 0.2) is 0 Å². The molecule has 0 saturated carbocycles. The van der Waals surface area contributed by atoms with E-state index in [0.717, 1.165) is 19.2 Å². The van der Waals surface area contributed by atoms with Crippen molar-refractivity contribution in [3.63, 3.8) is 0 Å². The number of benzene rings is 1. The van der Waals surface area contributed by atoms with Crippen molar-refractivity contribution in [2.75, 3.05) is 7.11 Å². The highest BCUT2D eigenvalue weighted by atomic mass is 31.1. The van der Waals surface area contributed by atoms with Crippen LogP contribution >= 0.6 is 8.20 Å². The number of aryl methyl sites for hydroxylation is 3. The van der Waals surface area contributed by atoms with Crippen molar-refractivity contribution in [2.45, 2.75) is 26.6 Å². The molecule has 0 aliphatic carbocycles. The molecule has 0 saturated heterocycles. The van der Waals surface area contributed by atoms with Crippen LogP contribution in [-0.2, 0) is 9.53 Å². The third-order valence-electron chi connectivity index (χ3n) is 2.82. The normalized spacial score (nSPS) is 18.7. The number of methoxy groups -OCH3 is 1. The third kappa shape index (κ3) is 2.34. The van der Waals surface area contributed by atoms with Crippen LogP contribution in [0.5, 0.6) is 0 Å². The maximum absolute atomic E-state index is 11.4. The first-order valence-corrected chi connectivity index (χ1v) is 6.64. The fourth-order valence-corrected chi connectivity index (χ4v) is 3.26. The van der Waals surface area contributed by atoms with Crippen LogP contribution in [0.15, 0.2) is 22.4 Å². The Morgan fingerprint density at radius 2 is 1.89 bits per heavy atom. The predicted octanol–water partition coefficient (Wildman–Crippen LogP) is 3.00. The second-order valence-corrected chi connectivity index (χ2v) is 5.51. The number of carbonyl (C=O) groups is 1. The zero-order chi connectivity index (χ0) is 13.3. The number of rotatable bonds is 2. The zero-order valence-corrected chi connectivity index (χ0v) is 11.8. The quantitative estimate of drug-likeness (QED) is 0.607. The Morgan fingerprint density at radius 1 is 1.28 bits per heavy atom. The molecule has 1 aromatic carbocycles. The van der Waals surface area contributed by atoms with Gasteiger partial charge in [0.25, 0.3) is 0 Å². The van der Waals surface area contributed by atoms with Crippen molar-refractivity contribution >= 4 is 19.6 Å². The third-order valence-corrected chi connectivity index (χ3v) is 3.94.